The zero-order chi connectivity index (χ0) is 11.8. The number of nitrogens with one attached hydrogen (secondary N) is 2. The van der Waals surface area contributed by atoms with E-state index in [2.05, 4.69) is 15.7 Å². The lowest BCUT2D eigenvalue weighted by Gasteiger charge is -2.12. The minimum atomic E-state index is -0.0881. The Bertz CT molecular complexity index is 297. The van der Waals surface area contributed by atoms with Crippen molar-refractivity contribution < 1.29 is 4.79 Å². The number of urea groups is 1. The Labute approximate surface area is 96.2 Å². The maximum atomic E-state index is 11.3. The largest absolute Gasteiger partial charge is 0.338 e. The number of carbonyl (C=O) groups excluding carboxylic acids is 1. The monoisotopic (exact) mass is 224 g/mol. The van der Waals surface area contributed by atoms with Gasteiger partial charge in [-0.25, -0.2) is 4.79 Å². The predicted octanol–water partition coefficient (Wildman–Crippen LogP) is 1.37. The van der Waals surface area contributed by atoms with Gasteiger partial charge in [0.1, 0.15) is 0 Å². The van der Waals surface area contributed by atoms with Gasteiger partial charge in [-0.2, -0.15) is 5.10 Å². The second-order valence-electron chi connectivity index (χ2n) is 3.83. The number of aryl methyl sites for hydroxylation is 1. The Kier molecular flexibility index (Phi) is 5.39. The van der Waals surface area contributed by atoms with Crippen LogP contribution in [-0.2, 0) is 6.54 Å². The van der Waals surface area contributed by atoms with Gasteiger partial charge in [-0.3, -0.25) is 4.68 Å². The Morgan fingerprint density at radius 2 is 2.38 bits per heavy atom. The van der Waals surface area contributed by atoms with Crippen LogP contribution in [-0.4, -0.2) is 28.4 Å². The lowest BCUT2D eigenvalue weighted by atomic mass is 10.3. The number of rotatable bonds is 6. The summed E-state index contributed by atoms with van der Waals surface area (Å²) in [7, 11) is 0. The Hall–Kier alpha value is -1.52. The number of amides is 2. The maximum absolute atomic E-state index is 11.3. The minimum absolute atomic E-state index is 0.0881. The molecule has 1 aromatic rings. The molecule has 0 spiro atoms. The summed E-state index contributed by atoms with van der Waals surface area (Å²) in [6.45, 7) is 5.53. The summed E-state index contributed by atoms with van der Waals surface area (Å²) in [5.74, 6) is 0. The van der Waals surface area contributed by atoms with Gasteiger partial charge in [0, 0.05) is 31.5 Å². The molecule has 0 saturated heterocycles. The normalized spacial score (nSPS) is 12.1. The number of aromatic nitrogens is 2. The highest BCUT2D eigenvalue weighted by Gasteiger charge is 2.03. The van der Waals surface area contributed by atoms with E-state index in [1.807, 2.05) is 30.8 Å². The van der Waals surface area contributed by atoms with Crippen LogP contribution >= 0.6 is 0 Å². The molecule has 5 nitrogen and oxygen atoms in total. The summed E-state index contributed by atoms with van der Waals surface area (Å²) in [6, 6.07) is 2.03. The van der Waals surface area contributed by atoms with Gasteiger partial charge < -0.3 is 10.6 Å². The lowest BCUT2D eigenvalue weighted by Crippen LogP contribution is -2.40. The first kappa shape index (κ1) is 12.5. The van der Waals surface area contributed by atoms with Crippen molar-refractivity contribution in [3.8, 4) is 0 Å². The average molecular weight is 224 g/mol. The third-order valence-corrected chi connectivity index (χ3v) is 2.40. The molecule has 1 heterocycles. The summed E-state index contributed by atoms with van der Waals surface area (Å²) in [5.41, 5.74) is 0. The SMILES string of the molecule is CCC(C)NC(=O)NCCCn1cccn1. The molecule has 0 aliphatic heterocycles. The van der Waals surface area contributed by atoms with E-state index in [0.717, 1.165) is 19.4 Å². The van der Waals surface area contributed by atoms with Gasteiger partial charge >= 0.3 is 6.03 Å². The second kappa shape index (κ2) is 6.87. The van der Waals surface area contributed by atoms with Crippen LogP contribution in [0, 0.1) is 0 Å². The number of nitrogens with zero attached hydrogens (tertiary/aromatic N) is 2. The van der Waals surface area contributed by atoms with E-state index in [1.165, 1.54) is 0 Å². The molecule has 1 aromatic heterocycles. The molecular weight excluding hydrogens is 204 g/mol. The van der Waals surface area contributed by atoms with Crippen molar-refractivity contribution in [1.29, 1.82) is 0 Å². The molecule has 0 saturated carbocycles. The smallest absolute Gasteiger partial charge is 0.314 e. The molecule has 1 atom stereocenters. The summed E-state index contributed by atoms with van der Waals surface area (Å²) in [5, 5.41) is 9.75. The van der Waals surface area contributed by atoms with E-state index in [4.69, 9.17) is 0 Å². The molecule has 0 radical (unpaired) electrons. The first-order chi connectivity index (χ1) is 7.72. The molecule has 2 amide bonds. The summed E-state index contributed by atoms with van der Waals surface area (Å²) < 4.78 is 1.86. The standard InChI is InChI=1S/C11H20N4O/c1-3-10(2)14-11(16)12-6-4-8-15-9-5-7-13-15/h5,7,9-10H,3-4,6,8H2,1-2H3,(H2,12,14,16). The molecule has 0 fully saturated rings. The fourth-order valence-corrected chi connectivity index (χ4v) is 1.25. The van der Waals surface area contributed by atoms with Crippen LogP contribution in [0.5, 0.6) is 0 Å². The van der Waals surface area contributed by atoms with Crippen molar-refractivity contribution in [3.05, 3.63) is 18.5 Å². The molecule has 0 aliphatic carbocycles. The number of carbonyl (C=O) groups is 1. The van der Waals surface area contributed by atoms with Crippen molar-refractivity contribution in [2.45, 2.75) is 39.3 Å². The van der Waals surface area contributed by atoms with Gasteiger partial charge in [0.05, 0.1) is 0 Å². The van der Waals surface area contributed by atoms with Crippen LogP contribution < -0.4 is 10.6 Å². The first-order valence-corrected chi connectivity index (χ1v) is 5.74. The summed E-state index contributed by atoms with van der Waals surface area (Å²) in [4.78, 5) is 11.3. The fourth-order valence-electron chi connectivity index (χ4n) is 1.25. The lowest BCUT2D eigenvalue weighted by molar-refractivity contribution is 0.237. The van der Waals surface area contributed by atoms with Crippen molar-refractivity contribution in [3.63, 3.8) is 0 Å². The summed E-state index contributed by atoms with van der Waals surface area (Å²) in [6.07, 6.45) is 5.50. The minimum Gasteiger partial charge on any atom is -0.338 e. The van der Waals surface area contributed by atoms with Crippen LogP contribution in [0.15, 0.2) is 18.5 Å². The van der Waals surface area contributed by atoms with E-state index >= 15 is 0 Å². The van der Waals surface area contributed by atoms with Crippen LogP contribution in [0.1, 0.15) is 26.7 Å². The quantitative estimate of drug-likeness (QED) is 0.717. The van der Waals surface area contributed by atoms with E-state index in [0.29, 0.717) is 6.54 Å². The first-order valence-electron chi connectivity index (χ1n) is 5.74. The molecule has 90 valence electrons. The molecule has 0 bridgehead atoms. The molecule has 5 heteroatoms. The topological polar surface area (TPSA) is 59.0 Å². The maximum Gasteiger partial charge on any atom is 0.314 e. The number of hydrogen-bond acceptors (Lipinski definition) is 2. The molecule has 0 aromatic carbocycles. The predicted molar refractivity (Wildman–Crippen MR) is 63.1 cm³/mol. The third kappa shape index (κ3) is 4.82. The number of hydrogen-bond donors (Lipinski definition) is 2. The van der Waals surface area contributed by atoms with Crippen molar-refractivity contribution in [1.82, 2.24) is 20.4 Å². The van der Waals surface area contributed by atoms with Gasteiger partial charge in [0.15, 0.2) is 0 Å². The van der Waals surface area contributed by atoms with Gasteiger partial charge in [-0.1, -0.05) is 6.92 Å². The summed E-state index contributed by atoms with van der Waals surface area (Å²) >= 11 is 0. The van der Waals surface area contributed by atoms with Crippen LogP contribution in [0.3, 0.4) is 0 Å². The van der Waals surface area contributed by atoms with E-state index < -0.39 is 0 Å². The highest BCUT2D eigenvalue weighted by molar-refractivity contribution is 5.74. The molecule has 1 rings (SSSR count). The van der Waals surface area contributed by atoms with E-state index in [1.54, 1.807) is 6.20 Å². The highest BCUT2D eigenvalue weighted by Crippen LogP contribution is 1.89. The van der Waals surface area contributed by atoms with Gasteiger partial charge in [-0.15, -0.1) is 0 Å². The molecule has 2 N–H and O–H groups in total. The van der Waals surface area contributed by atoms with Crippen LogP contribution in [0.4, 0.5) is 4.79 Å². The Morgan fingerprint density at radius 1 is 1.56 bits per heavy atom. The van der Waals surface area contributed by atoms with Gasteiger partial charge in [0.2, 0.25) is 0 Å². The Morgan fingerprint density at radius 3 is 3.00 bits per heavy atom. The Balaban J connectivity index is 2.04. The zero-order valence-electron chi connectivity index (χ0n) is 9.94. The van der Waals surface area contributed by atoms with E-state index in [9.17, 15) is 4.79 Å². The van der Waals surface area contributed by atoms with Crippen LogP contribution in [0.2, 0.25) is 0 Å². The molecule has 0 aliphatic rings. The molecule has 16 heavy (non-hydrogen) atoms. The van der Waals surface area contributed by atoms with Gasteiger partial charge in [-0.05, 0) is 25.8 Å². The van der Waals surface area contributed by atoms with Crippen LogP contribution in [0.25, 0.3) is 0 Å². The highest BCUT2D eigenvalue weighted by atomic mass is 16.2. The molecule has 1 unspecified atom stereocenters. The fraction of sp³-hybridized carbons (Fsp3) is 0.636. The average Bonchev–Trinajstić information content (AvgIpc) is 2.77. The van der Waals surface area contributed by atoms with Crippen molar-refractivity contribution in [2.75, 3.05) is 6.54 Å². The molecular formula is C11H20N4O. The van der Waals surface area contributed by atoms with Crippen molar-refractivity contribution >= 4 is 6.03 Å². The van der Waals surface area contributed by atoms with Crippen molar-refractivity contribution in [2.24, 2.45) is 0 Å². The second-order valence-corrected chi connectivity index (χ2v) is 3.83. The zero-order valence-corrected chi connectivity index (χ0v) is 9.94. The third-order valence-electron chi connectivity index (χ3n) is 2.40. The van der Waals surface area contributed by atoms with Gasteiger partial charge in [0.25, 0.3) is 0 Å². The van der Waals surface area contributed by atoms with E-state index in [-0.39, 0.29) is 12.1 Å².